The van der Waals surface area contributed by atoms with E-state index in [1.165, 1.54) is 24.1 Å². The number of thioether (sulfide) groups is 1. The maximum atomic E-state index is 11.3. The standard InChI is InChI=1S/C12H20N2O3S/c1-8(18-7-10(13)9(2)15)6-14-11(16)17-12(3,4)5/h7H,1,6,13H2,2-5H3,(H,14,16)/b10-7-. The lowest BCUT2D eigenvalue weighted by atomic mass is 10.2. The van der Waals surface area contributed by atoms with Crippen LogP contribution in [0.15, 0.2) is 22.6 Å². The van der Waals surface area contributed by atoms with Crippen molar-refractivity contribution in [3.05, 3.63) is 22.6 Å². The normalized spacial score (nSPS) is 11.9. The number of carbonyl (C=O) groups excluding carboxylic acids is 2. The van der Waals surface area contributed by atoms with E-state index in [1.54, 1.807) is 20.8 Å². The molecule has 5 nitrogen and oxygen atoms in total. The lowest BCUT2D eigenvalue weighted by molar-refractivity contribution is -0.113. The maximum absolute atomic E-state index is 11.3. The molecule has 0 aromatic carbocycles. The number of ether oxygens (including phenoxy) is 1. The van der Waals surface area contributed by atoms with E-state index in [-0.39, 0.29) is 18.0 Å². The molecule has 18 heavy (non-hydrogen) atoms. The van der Waals surface area contributed by atoms with E-state index in [4.69, 9.17) is 10.5 Å². The van der Waals surface area contributed by atoms with Gasteiger partial charge in [0.2, 0.25) is 0 Å². The van der Waals surface area contributed by atoms with Crippen LogP contribution in [0, 0.1) is 0 Å². The Balaban J connectivity index is 4.02. The highest BCUT2D eigenvalue weighted by Gasteiger charge is 2.15. The third-order valence-corrected chi connectivity index (χ3v) is 2.44. The van der Waals surface area contributed by atoms with Crippen LogP contribution in [0.1, 0.15) is 27.7 Å². The topological polar surface area (TPSA) is 81.4 Å². The molecule has 0 unspecified atom stereocenters. The maximum Gasteiger partial charge on any atom is 0.407 e. The van der Waals surface area contributed by atoms with Crippen LogP contribution in [0.2, 0.25) is 0 Å². The molecule has 0 radical (unpaired) electrons. The Morgan fingerprint density at radius 1 is 1.44 bits per heavy atom. The van der Waals surface area contributed by atoms with Gasteiger partial charge in [-0.05, 0) is 20.8 Å². The number of nitrogens with two attached hydrogens (primary N) is 1. The van der Waals surface area contributed by atoms with Gasteiger partial charge >= 0.3 is 6.09 Å². The van der Waals surface area contributed by atoms with E-state index in [1.807, 2.05) is 0 Å². The molecule has 0 bridgehead atoms. The monoisotopic (exact) mass is 272 g/mol. The number of hydrogen-bond donors (Lipinski definition) is 2. The van der Waals surface area contributed by atoms with Crippen LogP contribution in [0.3, 0.4) is 0 Å². The van der Waals surface area contributed by atoms with Crippen molar-refractivity contribution in [1.82, 2.24) is 5.32 Å². The van der Waals surface area contributed by atoms with Crippen molar-refractivity contribution in [3.63, 3.8) is 0 Å². The first kappa shape index (κ1) is 16.6. The molecular weight excluding hydrogens is 252 g/mol. The second-order valence-electron chi connectivity index (χ2n) is 4.64. The van der Waals surface area contributed by atoms with Gasteiger partial charge in [0.25, 0.3) is 0 Å². The minimum absolute atomic E-state index is 0.165. The van der Waals surface area contributed by atoms with Gasteiger partial charge in [-0.1, -0.05) is 18.3 Å². The van der Waals surface area contributed by atoms with Gasteiger partial charge in [-0.25, -0.2) is 4.79 Å². The summed E-state index contributed by atoms with van der Waals surface area (Å²) in [5.41, 5.74) is 5.08. The van der Waals surface area contributed by atoms with E-state index in [2.05, 4.69) is 11.9 Å². The van der Waals surface area contributed by atoms with E-state index >= 15 is 0 Å². The zero-order valence-electron chi connectivity index (χ0n) is 11.2. The van der Waals surface area contributed by atoms with Crippen LogP contribution in [-0.4, -0.2) is 24.0 Å². The summed E-state index contributed by atoms with van der Waals surface area (Å²) in [6.07, 6.45) is -0.507. The van der Waals surface area contributed by atoms with Crippen LogP contribution in [0.4, 0.5) is 4.79 Å². The third-order valence-electron chi connectivity index (χ3n) is 1.59. The summed E-state index contributed by atoms with van der Waals surface area (Å²) in [6.45, 7) is 10.7. The lowest BCUT2D eigenvalue weighted by Crippen LogP contribution is -2.33. The second-order valence-corrected chi connectivity index (χ2v) is 5.69. The van der Waals surface area contributed by atoms with Gasteiger partial charge in [0.15, 0.2) is 5.78 Å². The molecule has 0 atom stereocenters. The Hall–Kier alpha value is -1.43. The van der Waals surface area contributed by atoms with Gasteiger partial charge in [0.1, 0.15) is 5.60 Å². The fraction of sp³-hybridized carbons (Fsp3) is 0.500. The Kier molecular flexibility index (Phi) is 6.54. The Bertz CT molecular complexity index is 370. The molecule has 1 amide bonds. The summed E-state index contributed by atoms with van der Waals surface area (Å²) in [5, 5.41) is 4.06. The average Bonchev–Trinajstić information content (AvgIpc) is 2.20. The van der Waals surface area contributed by atoms with Gasteiger partial charge in [0.05, 0.1) is 12.2 Å². The summed E-state index contributed by atoms with van der Waals surface area (Å²) in [5.74, 6) is -0.199. The number of amides is 1. The first-order valence-electron chi connectivity index (χ1n) is 5.39. The van der Waals surface area contributed by atoms with Crippen molar-refractivity contribution in [2.75, 3.05) is 6.54 Å². The summed E-state index contributed by atoms with van der Waals surface area (Å²) < 4.78 is 5.06. The fourth-order valence-electron chi connectivity index (χ4n) is 0.756. The molecule has 0 rings (SSSR count). The number of allylic oxidation sites excluding steroid dienone is 1. The summed E-state index contributed by atoms with van der Waals surface area (Å²) in [4.78, 5) is 22.8. The second kappa shape index (κ2) is 7.10. The molecule has 0 heterocycles. The molecule has 3 N–H and O–H groups in total. The van der Waals surface area contributed by atoms with Crippen molar-refractivity contribution in [2.45, 2.75) is 33.3 Å². The van der Waals surface area contributed by atoms with Crippen molar-refractivity contribution >= 4 is 23.6 Å². The van der Waals surface area contributed by atoms with E-state index in [0.29, 0.717) is 4.91 Å². The highest BCUT2D eigenvalue weighted by Crippen LogP contribution is 2.15. The number of alkyl carbamates (subject to hydrolysis) is 1. The quantitative estimate of drug-likeness (QED) is 0.749. The minimum atomic E-state index is -0.530. The lowest BCUT2D eigenvalue weighted by Gasteiger charge is -2.19. The number of carbonyl (C=O) groups is 2. The van der Waals surface area contributed by atoms with E-state index in [0.717, 1.165) is 0 Å². The third kappa shape index (κ3) is 8.69. The van der Waals surface area contributed by atoms with E-state index in [9.17, 15) is 9.59 Å². The SMILES string of the molecule is C=C(CNC(=O)OC(C)(C)C)S/C=C(\N)C(C)=O. The zero-order valence-corrected chi connectivity index (χ0v) is 12.0. The smallest absolute Gasteiger partial charge is 0.407 e. The molecular formula is C12H20N2O3S. The van der Waals surface area contributed by atoms with Crippen LogP contribution in [0.5, 0.6) is 0 Å². The van der Waals surface area contributed by atoms with Crippen LogP contribution in [-0.2, 0) is 9.53 Å². The predicted octanol–water partition coefficient (Wildman–Crippen LogP) is 2.15. The summed E-state index contributed by atoms with van der Waals surface area (Å²) in [6, 6.07) is 0. The molecule has 0 aliphatic carbocycles. The Morgan fingerprint density at radius 3 is 2.44 bits per heavy atom. The van der Waals surface area contributed by atoms with Crippen molar-refractivity contribution in [2.24, 2.45) is 5.73 Å². The first-order chi connectivity index (χ1) is 8.11. The van der Waals surface area contributed by atoms with Gasteiger partial charge in [0, 0.05) is 17.2 Å². The van der Waals surface area contributed by atoms with E-state index < -0.39 is 11.7 Å². The van der Waals surface area contributed by atoms with Crippen LogP contribution in [0.25, 0.3) is 0 Å². The van der Waals surface area contributed by atoms with Crippen molar-refractivity contribution < 1.29 is 14.3 Å². The average molecular weight is 272 g/mol. The molecule has 102 valence electrons. The molecule has 0 spiro atoms. The number of nitrogens with one attached hydrogen (secondary N) is 1. The van der Waals surface area contributed by atoms with Crippen LogP contribution < -0.4 is 11.1 Å². The van der Waals surface area contributed by atoms with Gasteiger partial charge < -0.3 is 15.8 Å². The van der Waals surface area contributed by atoms with Gasteiger partial charge in [-0.3, -0.25) is 4.79 Å². The number of hydrogen-bond acceptors (Lipinski definition) is 5. The molecule has 0 aromatic rings. The largest absolute Gasteiger partial charge is 0.444 e. The fourth-order valence-corrected chi connectivity index (χ4v) is 1.37. The predicted molar refractivity (Wildman–Crippen MR) is 73.9 cm³/mol. The minimum Gasteiger partial charge on any atom is -0.444 e. The number of rotatable bonds is 5. The Labute approximate surface area is 112 Å². The summed E-state index contributed by atoms with van der Waals surface area (Å²) in [7, 11) is 0. The zero-order chi connectivity index (χ0) is 14.3. The number of Topliss-reactive ketones (excluding diaryl/α,β-unsaturated/α-hetero) is 1. The summed E-state index contributed by atoms with van der Waals surface area (Å²) >= 11 is 1.20. The molecule has 0 fully saturated rings. The number of ketones is 1. The molecule has 0 saturated carbocycles. The molecule has 0 aromatic heterocycles. The molecule has 6 heteroatoms. The van der Waals surface area contributed by atoms with Crippen molar-refractivity contribution in [3.8, 4) is 0 Å². The molecule has 0 saturated heterocycles. The highest BCUT2D eigenvalue weighted by atomic mass is 32.2. The highest BCUT2D eigenvalue weighted by molar-refractivity contribution is 8.05. The van der Waals surface area contributed by atoms with Gasteiger partial charge in [-0.15, -0.1) is 0 Å². The Morgan fingerprint density at radius 2 is 2.00 bits per heavy atom. The van der Waals surface area contributed by atoms with Crippen LogP contribution >= 0.6 is 11.8 Å². The molecule has 0 aliphatic heterocycles. The van der Waals surface area contributed by atoms with Gasteiger partial charge in [-0.2, -0.15) is 0 Å². The first-order valence-corrected chi connectivity index (χ1v) is 6.27. The van der Waals surface area contributed by atoms with Crippen molar-refractivity contribution in [1.29, 1.82) is 0 Å². The molecule has 0 aliphatic rings.